The molecule has 3 rings (SSSR count). The maximum Gasteiger partial charge on any atom is 0.417 e. The van der Waals surface area contributed by atoms with E-state index in [-0.39, 0.29) is 22.1 Å². The van der Waals surface area contributed by atoms with Gasteiger partial charge in [0.1, 0.15) is 0 Å². The molecule has 10 heteroatoms. The number of phenolic OH excluding ortho intramolecular Hbond substituents is 1. The molecule has 2 aromatic carbocycles. The molecule has 2 aromatic rings. The molecule has 0 aromatic heterocycles. The molecule has 1 fully saturated rings. The fraction of sp³-hybridized carbons (Fsp3) is 0.111. The zero-order valence-electron chi connectivity index (χ0n) is 14.1. The highest BCUT2D eigenvalue weighted by atomic mass is 35.5. The van der Waals surface area contributed by atoms with Gasteiger partial charge in [-0.1, -0.05) is 17.7 Å². The topological polar surface area (TPSA) is 66.8 Å². The molecule has 5 nitrogen and oxygen atoms in total. The van der Waals surface area contributed by atoms with Gasteiger partial charge < -0.3 is 9.84 Å². The van der Waals surface area contributed by atoms with Gasteiger partial charge in [0.15, 0.2) is 11.5 Å². The van der Waals surface area contributed by atoms with Crippen LogP contribution >= 0.6 is 23.4 Å². The number of benzene rings is 2. The summed E-state index contributed by atoms with van der Waals surface area (Å²) in [6, 6.07) is 7.11. The van der Waals surface area contributed by atoms with Crippen molar-refractivity contribution in [3.8, 4) is 11.5 Å². The minimum atomic E-state index is -4.73. The molecule has 0 radical (unpaired) electrons. The number of rotatable bonds is 3. The smallest absolute Gasteiger partial charge is 0.417 e. The molecule has 146 valence electrons. The molecular weight excluding hydrogens is 419 g/mol. The number of aromatic hydroxyl groups is 1. The molecule has 1 heterocycles. The minimum Gasteiger partial charge on any atom is -0.504 e. The Hall–Kier alpha value is -2.65. The Morgan fingerprint density at radius 2 is 1.89 bits per heavy atom. The molecule has 1 N–H and O–H groups in total. The van der Waals surface area contributed by atoms with Gasteiger partial charge in [0.2, 0.25) is 0 Å². The second-order valence-electron chi connectivity index (χ2n) is 5.61. The highest BCUT2D eigenvalue weighted by Gasteiger charge is 2.39. The highest BCUT2D eigenvalue weighted by molar-refractivity contribution is 8.19. The van der Waals surface area contributed by atoms with Crippen molar-refractivity contribution in [3.05, 3.63) is 57.5 Å². The molecule has 2 amide bonds. The van der Waals surface area contributed by atoms with Gasteiger partial charge in [-0.25, -0.2) is 4.90 Å². The van der Waals surface area contributed by atoms with Gasteiger partial charge >= 0.3 is 6.18 Å². The normalized spacial score (nSPS) is 16.2. The van der Waals surface area contributed by atoms with Crippen LogP contribution in [-0.4, -0.2) is 23.4 Å². The van der Waals surface area contributed by atoms with Crippen LogP contribution in [0.1, 0.15) is 11.1 Å². The zero-order chi connectivity index (χ0) is 20.6. The van der Waals surface area contributed by atoms with E-state index in [2.05, 4.69) is 0 Å². The summed E-state index contributed by atoms with van der Waals surface area (Å²) in [6.45, 7) is 0. The van der Waals surface area contributed by atoms with E-state index in [1.807, 2.05) is 0 Å². The highest BCUT2D eigenvalue weighted by Crippen LogP contribution is 2.41. The summed E-state index contributed by atoms with van der Waals surface area (Å²) in [7, 11) is 1.35. The van der Waals surface area contributed by atoms with Crippen molar-refractivity contribution in [1.82, 2.24) is 0 Å². The van der Waals surface area contributed by atoms with Crippen molar-refractivity contribution in [2.24, 2.45) is 0 Å². The second-order valence-corrected chi connectivity index (χ2v) is 7.01. The van der Waals surface area contributed by atoms with Crippen LogP contribution in [0, 0.1) is 0 Å². The molecule has 1 saturated heterocycles. The Labute approximate surface area is 166 Å². The Morgan fingerprint density at radius 3 is 2.54 bits per heavy atom. The summed E-state index contributed by atoms with van der Waals surface area (Å²) >= 11 is 6.17. The number of anilines is 1. The van der Waals surface area contributed by atoms with E-state index in [0.29, 0.717) is 28.3 Å². The number of amides is 2. The van der Waals surface area contributed by atoms with Gasteiger partial charge in [-0.3, -0.25) is 9.59 Å². The van der Waals surface area contributed by atoms with Gasteiger partial charge in [0.25, 0.3) is 11.1 Å². The van der Waals surface area contributed by atoms with E-state index in [0.717, 1.165) is 6.07 Å². The molecule has 0 atom stereocenters. The standard InChI is InChI=1S/C18H11ClF3NO4S/c1-27-14-6-9(2-5-13(14)24)7-15-16(25)23(17(26)28-15)10-3-4-12(19)11(8-10)18(20,21)22/h2-8,24H,1H3/b15-7-. The first kappa shape index (κ1) is 20.1. The Kier molecular flexibility index (Phi) is 5.31. The minimum absolute atomic E-state index is 0.0150. The lowest BCUT2D eigenvalue weighted by molar-refractivity contribution is -0.137. The summed E-state index contributed by atoms with van der Waals surface area (Å²) in [5.74, 6) is -0.702. The number of carbonyl (C=O) groups is 2. The molecule has 0 bridgehead atoms. The molecule has 0 aliphatic carbocycles. The van der Waals surface area contributed by atoms with E-state index >= 15 is 0 Å². The van der Waals surface area contributed by atoms with Crippen LogP contribution in [0.4, 0.5) is 23.7 Å². The van der Waals surface area contributed by atoms with Crippen LogP contribution in [-0.2, 0) is 11.0 Å². The molecular formula is C18H11ClF3NO4S. The largest absolute Gasteiger partial charge is 0.504 e. The zero-order valence-corrected chi connectivity index (χ0v) is 15.7. The summed E-state index contributed by atoms with van der Waals surface area (Å²) in [5, 5.41) is 8.34. The summed E-state index contributed by atoms with van der Waals surface area (Å²) in [4.78, 5) is 25.5. The van der Waals surface area contributed by atoms with E-state index in [1.54, 1.807) is 0 Å². The molecule has 0 spiro atoms. The Morgan fingerprint density at radius 1 is 1.18 bits per heavy atom. The lowest BCUT2D eigenvalue weighted by Gasteiger charge is -2.16. The van der Waals surface area contributed by atoms with Crippen LogP contribution in [0.3, 0.4) is 0 Å². The molecule has 1 aliphatic heterocycles. The summed E-state index contributed by atoms with van der Waals surface area (Å²) in [6.07, 6.45) is -3.35. The first-order valence-corrected chi connectivity index (χ1v) is 8.83. The van der Waals surface area contributed by atoms with Crippen molar-refractivity contribution in [2.75, 3.05) is 12.0 Å². The van der Waals surface area contributed by atoms with Crippen molar-refractivity contribution in [2.45, 2.75) is 6.18 Å². The number of hydrogen-bond acceptors (Lipinski definition) is 5. The first-order valence-electron chi connectivity index (χ1n) is 7.63. The number of alkyl halides is 3. The van der Waals surface area contributed by atoms with Crippen molar-refractivity contribution in [1.29, 1.82) is 0 Å². The van der Waals surface area contributed by atoms with Crippen molar-refractivity contribution >= 4 is 46.3 Å². The molecule has 0 unspecified atom stereocenters. The van der Waals surface area contributed by atoms with Crippen LogP contribution in [0.5, 0.6) is 11.5 Å². The third-order valence-electron chi connectivity index (χ3n) is 3.81. The third-order valence-corrected chi connectivity index (χ3v) is 5.01. The lowest BCUT2D eigenvalue weighted by Crippen LogP contribution is -2.28. The van der Waals surface area contributed by atoms with Crippen molar-refractivity contribution in [3.63, 3.8) is 0 Å². The van der Waals surface area contributed by atoms with Crippen LogP contribution in [0.25, 0.3) is 6.08 Å². The number of imide groups is 1. The second kappa shape index (κ2) is 7.40. The van der Waals surface area contributed by atoms with E-state index in [1.165, 1.54) is 37.5 Å². The number of halogens is 4. The number of ether oxygens (including phenoxy) is 1. The Bertz CT molecular complexity index is 1010. The van der Waals surface area contributed by atoms with E-state index in [4.69, 9.17) is 16.3 Å². The summed E-state index contributed by atoms with van der Waals surface area (Å²) < 4.78 is 44.1. The number of carbonyl (C=O) groups excluding carboxylic acids is 2. The third kappa shape index (κ3) is 3.81. The first-order chi connectivity index (χ1) is 13.1. The van der Waals surface area contributed by atoms with Crippen LogP contribution < -0.4 is 9.64 Å². The van der Waals surface area contributed by atoms with E-state index < -0.39 is 27.9 Å². The van der Waals surface area contributed by atoms with Gasteiger partial charge in [-0.05, 0) is 53.7 Å². The fourth-order valence-corrected chi connectivity index (χ4v) is 3.56. The van der Waals surface area contributed by atoms with Gasteiger partial charge in [-0.15, -0.1) is 0 Å². The molecule has 1 aliphatic rings. The van der Waals surface area contributed by atoms with Gasteiger partial charge in [0, 0.05) is 0 Å². The maximum absolute atomic E-state index is 13.1. The molecule has 0 saturated carbocycles. The predicted molar refractivity (Wildman–Crippen MR) is 99.6 cm³/mol. The average Bonchev–Trinajstić information content (AvgIpc) is 2.90. The van der Waals surface area contributed by atoms with Gasteiger partial charge in [-0.2, -0.15) is 13.2 Å². The number of nitrogens with zero attached hydrogens (tertiary/aromatic N) is 1. The maximum atomic E-state index is 13.1. The summed E-state index contributed by atoms with van der Waals surface area (Å²) in [5.41, 5.74) is -0.906. The van der Waals surface area contributed by atoms with Gasteiger partial charge in [0.05, 0.1) is 28.3 Å². The predicted octanol–water partition coefficient (Wildman–Crippen LogP) is 5.31. The van der Waals surface area contributed by atoms with E-state index in [9.17, 15) is 27.9 Å². The number of phenols is 1. The van der Waals surface area contributed by atoms with Crippen LogP contribution in [0.2, 0.25) is 5.02 Å². The SMILES string of the molecule is COc1cc(/C=C2\SC(=O)N(c3ccc(Cl)c(C(F)(F)F)c3)C2=O)ccc1O. The van der Waals surface area contributed by atoms with Crippen molar-refractivity contribution < 1.29 is 32.6 Å². The number of thioether (sulfide) groups is 1. The number of methoxy groups -OCH3 is 1. The average molecular weight is 430 g/mol. The monoisotopic (exact) mass is 429 g/mol. The number of hydrogen-bond donors (Lipinski definition) is 1. The fourth-order valence-electron chi connectivity index (χ4n) is 2.50. The van der Waals surface area contributed by atoms with Crippen LogP contribution in [0.15, 0.2) is 41.3 Å². The Balaban J connectivity index is 1.97. The molecule has 28 heavy (non-hydrogen) atoms. The lowest BCUT2D eigenvalue weighted by atomic mass is 10.1. The quantitative estimate of drug-likeness (QED) is 0.669.